The third-order valence-corrected chi connectivity index (χ3v) is 3.21. The lowest BCUT2D eigenvalue weighted by Gasteiger charge is -2.00. The fourth-order valence-corrected chi connectivity index (χ4v) is 2.06. The number of nitrogens with zero attached hydrogens (tertiary/aromatic N) is 4. The Labute approximate surface area is 107 Å². The van der Waals surface area contributed by atoms with Crippen LogP contribution in [0.1, 0.15) is 15.5 Å². The molecule has 2 aromatic rings. The monoisotopic (exact) mass is 267 g/mol. The zero-order valence-electron chi connectivity index (χ0n) is 9.97. The maximum absolute atomic E-state index is 11.9. The highest BCUT2D eigenvalue weighted by atomic mass is 32.1. The molecule has 2 heterocycles. The number of aryl methyl sites for hydroxylation is 1. The van der Waals surface area contributed by atoms with Gasteiger partial charge in [-0.3, -0.25) is 9.48 Å². The van der Waals surface area contributed by atoms with Gasteiger partial charge in [-0.15, -0.1) is 0 Å². The Bertz CT molecular complexity index is 561. The molecule has 0 atom stereocenters. The molecule has 0 aromatic carbocycles. The van der Waals surface area contributed by atoms with Crippen LogP contribution in [0, 0.1) is 0 Å². The summed E-state index contributed by atoms with van der Waals surface area (Å²) in [5.74, 6) is 0.484. The van der Waals surface area contributed by atoms with Crippen molar-refractivity contribution in [1.82, 2.24) is 25.1 Å². The third kappa shape index (κ3) is 2.56. The molecule has 0 aliphatic heterocycles. The second-order valence-electron chi connectivity index (χ2n) is 3.50. The standard InChI is InChI=1S/C9H13N7OS/c1-11-9-14-7(10)6(18-9)8(17)12-3-5-13-4-16(2)15-5/h4H,3,10H2,1-2H3,(H,11,14)(H,12,17). The Morgan fingerprint density at radius 3 is 2.94 bits per heavy atom. The normalized spacial score (nSPS) is 10.3. The van der Waals surface area contributed by atoms with Crippen molar-refractivity contribution in [1.29, 1.82) is 0 Å². The van der Waals surface area contributed by atoms with Crippen LogP contribution in [0.25, 0.3) is 0 Å². The molecule has 0 saturated heterocycles. The zero-order chi connectivity index (χ0) is 13.1. The quantitative estimate of drug-likeness (QED) is 0.709. The van der Waals surface area contributed by atoms with Gasteiger partial charge in [0.25, 0.3) is 5.91 Å². The number of thiazole rings is 1. The average Bonchev–Trinajstić information content (AvgIpc) is 2.92. The highest BCUT2D eigenvalue weighted by Crippen LogP contribution is 2.24. The van der Waals surface area contributed by atoms with Gasteiger partial charge in [0.15, 0.2) is 11.0 Å². The van der Waals surface area contributed by atoms with Crippen LogP contribution in [0.4, 0.5) is 10.9 Å². The van der Waals surface area contributed by atoms with Crippen LogP contribution in [0.15, 0.2) is 6.33 Å². The number of rotatable bonds is 4. The number of carbonyl (C=O) groups is 1. The molecule has 0 radical (unpaired) electrons. The first-order valence-corrected chi connectivity index (χ1v) is 5.98. The summed E-state index contributed by atoms with van der Waals surface area (Å²) in [5.41, 5.74) is 5.65. The molecule has 96 valence electrons. The average molecular weight is 267 g/mol. The van der Waals surface area contributed by atoms with Gasteiger partial charge in [-0.1, -0.05) is 11.3 Å². The fourth-order valence-electron chi connectivity index (χ4n) is 1.31. The van der Waals surface area contributed by atoms with Crippen molar-refractivity contribution < 1.29 is 4.79 Å². The number of hydrogen-bond acceptors (Lipinski definition) is 7. The fraction of sp³-hybridized carbons (Fsp3) is 0.333. The summed E-state index contributed by atoms with van der Waals surface area (Å²) in [7, 11) is 3.48. The topological polar surface area (TPSA) is 111 Å². The number of nitrogen functional groups attached to an aromatic ring is 1. The molecular weight excluding hydrogens is 254 g/mol. The van der Waals surface area contributed by atoms with E-state index in [0.29, 0.717) is 15.8 Å². The molecule has 0 fully saturated rings. The SMILES string of the molecule is CNc1nc(N)c(C(=O)NCc2ncn(C)n2)s1. The number of hydrogen-bond donors (Lipinski definition) is 3. The van der Waals surface area contributed by atoms with Crippen molar-refractivity contribution in [2.24, 2.45) is 7.05 Å². The lowest BCUT2D eigenvalue weighted by Crippen LogP contribution is -2.23. The van der Waals surface area contributed by atoms with Crippen LogP contribution in [-0.2, 0) is 13.6 Å². The van der Waals surface area contributed by atoms with Gasteiger partial charge in [0.1, 0.15) is 17.0 Å². The van der Waals surface area contributed by atoms with Crippen LogP contribution in [0.2, 0.25) is 0 Å². The van der Waals surface area contributed by atoms with E-state index in [2.05, 4.69) is 25.7 Å². The van der Waals surface area contributed by atoms with Gasteiger partial charge in [0, 0.05) is 14.1 Å². The summed E-state index contributed by atoms with van der Waals surface area (Å²) < 4.78 is 1.57. The van der Waals surface area contributed by atoms with Crippen LogP contribution in [0.5, 0.6) is 0 Å². The van der Waals surface area contributed by atoms with Gasteiger partial charge >= 0.3 is 0 Å². The van der Waals surface area contributed by atoms with Crippen molar-refractivity contribution in [2.75, 3.05) is 18.1 Å². The molecule has 0 aliphatic rings. The van der Waals surface area contributed by atoms with Crippen LogP contribution < -0.4 is 16.4 Å². The van der Waals surface area contributed by atoms with Crippen molar-refractivity contribution in [3.05, 3.63) is 17.0 Å². The molecule has 18 heavy (non-hydrogen) atoms. The van der Waals surface area contributed by atoms with Crippen LogP contribution in [-0.4, -0.2) is 32.7 Å². The summed E-state index contributed by atoms with van der Waals surface area (Å²) in [4.78, 5) is 20.3. The van der Waals surface area contributed by atoms with Crippen LogP contribution in [0.3, 0.4) is 0 Å². The number of amides is 1. The Balaban J connectivity index is 2.01. The molecule has 1 amide bonds. The second-order valence-corrected chi connectivity index (χ2v) is 4.50. The molecule has 9 heteroatoms. The van der Waals surface area contributed by atoms with Gasteiger partial charge in [-0.25, -0.2) is 9.97 Å². The van der Waals surface area contributed by atoms with E-state index in [1.165, 1.54) is 11.3 Å². The highest BCUT2D eigenvalue weighted by Gasteiger charge is 2.15. The number of aromatic nitrogens is 4. The molecule has 8 nitrogen and oxygen atoms in total. The van der Waals surface area contributed by atoms with Crippen LogP contribution >= 0.6 is 11.3 Å². The van der Waals surface area contributed by atoms with E-state index in [-0.39, 0.29) is 18.3 Å². The Morgan fingerprint density at radius 1 is 1.61 bits per heavy atom. The molecule has 2 rings (SSSR count). The number of carbonyl (C=O) groups excluding carboxylic acids is 1. The third-order valence-electron chi connectivity index (χ3n) is 2.13. The molecule has 0 saturated carbocycles. The van der Waals surface area contributed by atoms with Gasteiger partial charge < -0.3 is 16.4 Å². The first kappa shape index (κ1) is 12.3. The molecule has 0 bridgehead atoms. The second kappa shape index (κ2) is 5.00. The molecule has 0 spiro atoms. The maximum Gasteiger partial charge on any atom is 0.265 e. The summed E-state index contributed by atoms with van der Waals surface area (Å²) in [6.45, 7) is 0.256. The van der Waals surface area contributed by atoms with E-state index in [0.717, 1.165) is 0 Å². The van der Waals surface area contributed by atoms with E-state index in [9.17, 15) is 4.79 Å². The largest absolute Gasteiger partial charge is 0.382 e. The Morgan fingerprint density at radius 2 is 2.39 bits per heavy atom. The first-order valence-electron chi connectivity index (χ1n) is 5.17. The zero-order valence-corrected chi connectivity index (χ0v) is 10.8. The van der Waals surface area contributed by atoms with Crippen molar-refractivity contribution in [3.8, 4) is 0 Å². The Kier molecular flexibility index (Phi) is 3.42. The van der Waals surface area contributed by atoms with Gasteiger partial charge in [0.2, 0.25) is 0 Å². The molecular formula is C9H13N7OS. The van der Waals surface area contributed by atoms with E-state index < -0.39 is 0 Å². The van der Waals surface area contributed by atoms with E-state index in [4.69, 9.17) is 5.73 Å². The van der Waals surface area contributed by atoms with Crippen molar-refractivity contribution in [3.63, 3.8) is 0 Å². The summed E-state index contributed by atoms with van der Waals surface area (Å²) in [6, 6.07) is 0. The highest BCUT2D eigenvalue weighted by molar-refractivity contribution is 7.18. The first-order chi connectivity index (χ1) is 8.60. The lowest BCUT2D eigenvalue weighted by molar-refractivity contribution is 0.0954. The Hall–Kier alpha value is -2.16. The van der Waals surface area contributed by atoms with E-state index >= 15 is 0 Å². The summed E-state index contributed by atoms with van der Waals surface area (Å²) >= 11 is 1.20. The summed E-state index contributed by atoms with van der Waals surface area (Å²) in [5, 5.41) is 10.2. The van der Waals surface area contributed by atoms with Crippen molar-refractivity contribution in [2.45, 2.75) is 6.54 Å². The van der Waals surface area contributed by atoms with Gasteiger partial charge in [-0.2, -0.15) is 5.10 Å². The maximum atomic E-state index is 11.9. The predicted octanol–water partition coefficient (Wildman–Crippen LogP) is -0.175. The molecule has 0 aliphatic carbocycles. The van der Waals surface area contributed by atoms with E-state index in [1.54, 1.807) is 25.1 Å². The molecule has 2 aromatic heterocycles. The number of nitrogens with one attached hydrogen (secondary N) is 2. The van der Waals surface area contributed by atoms with E-state index in [1.807, 2.05) is 0 Å². The van der Waals surface area contributed by atoms with Gasteiger partial charge in [-0.05, 0) is 0 Å². The van der Waals surface area contributed by atoms with Crippen molar-refractivity contribution >= 4 is 28.2 Å². The lowest BCUT2D eigenvalue weighted by atomic mass is 10.4. The minimum atomic E-state index is -0.279. The molecule has 4 N–H and O–H groups in total. The minimum Gasteiger partial charge on any atom is -0.382 e. The summed E-state index contributed by atoms with van der Waals surface area (Å²) in [6.07, 6.45) is 1.57. The number of anilines is 2. The number of nitrogens with two attached hydrogens (primary N) is 1. The molecule has 0 unspecified atom stereocenters. The minimum absolute atomic E-state index is 0.218. The predicted molar refractivity (Wildman–Crippen MR) is 68.2 cm³/mol. The van der Waals surface area contributed by atoms with Gasteiger partial charge in [0.05, 0.1) is 6.54 Å². The smallest absolute Gasteiger partial charge is 0.265 e.